The second-order valence-electron chi connectivity index (χ2n) is 4.05. The molecule has 1 atom stereocenters. The van der Waals surface area contributed by atoms with E-state index in [0.717, 1.165) is 5.56 Å². The fraction of sp³-hybridized carbons (Fsp3) is 0.231. The van der Waals surface area contributed by atoms with Gasteiger partial charge in [0.1, 0.15) is 11.9 Å². The molecule has 18 heavy (non-hydrogen) atoms. The van der Waals surface area contributed by atoms with E-state index in [1.807, 2.05) is 6.92 Å². The molecule has 5 heteroatoms. The highest BCUT2D eigenvalue weighted by Gasteiger charge is 2.14. The molecule has 0 spiro atoms. The summed E-state index contributed by atoms with van der Waals surface area (Å²) in [6, 6.07) is 4.50. The van der Waals surface area contributed by atoms with Gasteiger partial charge in [-0.15, -0.1) is 0 Å². The Morgan fingerprint density at radius 1 is 1.33 bits per heavy atom. The first kappa shape index (κ1) is 12.9. The molecule has 0 fully saturated rings. The van der Waals surface area contributed by atoms with Crippen molar-refractivity contribution in [2.45, 2.75) is 19.4 Å². The molecule has 0 saturated carbocycles. The molecule has 2 aromatic rings. The van der Waals surface area contributed by atoms with Gasteiger partial charge in [-0.05, 0) is 24.1 Å². The fourth-order valence-electron chi connectivity index (χ4n) is 1.58. The Morgan fingerprint density at radius 2 is 2.00 bits per heavy atom. The summed E-state index contributed by atoms with van der Waals surface area (Å²) < 4.78 is 13.2. The van der Waals surface area contributed by atoms with Crippen LogP contribution in [0.3, 0.4) is 0 Å². The minimum atomic E-state index is -0.898. The van der Waals surface area contributed by atoms with Crippen molar-refractivity contribution in [3.05, 3.63) is 58.4 Å². The minimum absolute atomic E-state index is 0.0312. The highest BCUT2D eigenvalue weighted by atomic mass is 35.5. The third-order valence-electron chi connectivity index (χ3n) is 2.54. The van der Waals surface area contributed by atoms with Crippen LogP contribution in [0.1, 0.15) is 23.1 Å². The van der Waals surface area contributed by atoms with Gasteiger partial charge in [-0.25, -0.2) is 14.4 Å². The standard InChI is InChI=1S/C13H12ClFN2O/c1-8-6-16-13(17-7-8)11(18)5-9-3-2-4-10(15)12(9)14/h2-4,6-7,11,18H,5H2,1H3. The summed E-state index contributed by atoms with van der Waals surface area (Å²) in [4.78, 5) is 8.06. The predicted molar refractivity (Wildman–Crippen MR) is 66.8 cm³/mol. The maximum Gasteiger partial charge on any atom is 0.157 e. The second-order valence-corrected chi connectivity index (χ2v) is 4.43. The van der Waals surface area contributed by atoms with Gasteiger partial charge >= 0.3 is 0 Å². The summed E-state index contributed by atoms with van der Waals surface area (Å²) in [5, 5.41) is 10.0. The highest BCUT2D eigenvalue weighted by molar-refractivity contribution is 6.31. The van der Waals surface area contributed by atoms with Gasteiger partial charge in [0.15, 0.2) is 5.82 Å². The molecule has 94 valence electrons. The average molecular weight is 267 g/mol. The van der Waals surface area contributed by atoms with Crippen molar-refractivity contribution in [2.24, 2.45) is 0 Å². The Hall–Kier alpha value is -1.52. The molecule has 0 bridgehead atoms. The van der Waals surface area contributed by atoms with Crippen LogP contribution in [0.4, 0.5) is 4.39 Å². The summed E-state index contributed by atoms with van der Waals surface area (Å²) in [6.45, 7) is 1.86. The first-order valence-electron chi connectivity index (χ1n) is 5.47. The monoisotopic (exact) mass is 266 g/mol. The quantitative estimate of drug-likeness (QED) is 0.929. The van der Waals surface area contributed by atoms with E-state index in [2.05, 4.69) is 9.97 Å². The van der Waals surface area contributed by atoms with E-state index in [1.54, 1.807) is 24.5 Å². The Kier molecular flexibility index (Phi) is 3.89. The van der Waals surface area contributed by atoms with Gasteiger partial charge in [-0.2, -0.15) is 0 Å². The Balaban J connectivity index is 2.18. The molecule has 1 unspecified atom stereocenters. The van der Waals surface area contributed by atoms with Crippen molar-refractivity contribution < 1.29 is 9.50 Å². The van der Waals surface area contributed by atoms with E-state index in [0.29, 0.717) is 11.4 Å². The zero-order chi connectivity index (χ0) is 13.1. The number of rotatable bonds is 3. The van der Waals surface area contributed by atoms with Gasteiger partial charge < -0.3 is 5.11 Å². The summed E-state index contributed by atoms with van der Waals surface area (Å²) >= 11 is 5.82. The van der Waals surface area contributed by atoms with Crippen LogP contribution in [0.15, 0.2) is 30.6 Å². The average Bonchev–Trinajstić information content (AvgIpc) is 2.36. The van der Waals surface area contributed by atoms with Gasteiger partial charge in [-0.3, -0.25) is 0 Å². The number of aliphatic hydroxyl groups excluding tert-OH is 1. The zero-order valence-corrected chi connectivity index (χ0v) is 10.5. The van der Waals surface area contributed by atoms with Gasteiger partial charge in [0.25, 0.3) is 0 Å². The number of benzene rings is 1. The number of aromatic nitrogens is 2. The molecule has 0 aliphatic heterocycles. The summed E-state index contributed by atoms with van der Waals surface area (Å²) in [5.74, 6) is -0.188. The molecule has 3 nitrogen and oxygen atoms in total. The molecule has 0 aliphatic carbocycles. The third-order valence-corrected chi connectivity index (χ3v) is 2.97. The van der Waals surface area contributed by atoms with Crippen molar-refractivity contribution >= 4 is 11.6 Å². The van der Waals surface area contributed by atoms with Crippen LogP contribution in [-0.4, -0.2) is 15.1 Å². The number of nitrogens with zero attached hydrogens (tertiary/aromatic N) is 2. The SMILES string of the molecule is Cc1cnc(C(O)Cc2cccc(F)c2Cl)nc1. The summed E-state index contributed by atoms with van der Waals surface area (Å²) in [5.41, 5.74) is 1.45. The topological polar surface area (TPSA) is 46.0 Å². The lowest BCUT2D eigenvalue weighted by Crippen LogP contribution is -2.07. The van der Waals surface area contributed by atoms with Crippen molar-refractivity contribution in [3.63, 3.8) is 0 Å². The molecule has 0 radical (unpaired) electrons. The number of hydrogen-bond donors (Lipinski definition) is 1. The molecule has 2 rings (SSSR count). The van der Waals surface area contributed by atoms with E-state index < -0.39 is 11.9 Å². The van der Waals surface area contributed by atoms with Crippen LogP contribution < -0.4 is 0 Å². The molecule has 1 aromatic heterocycles. The summed E-state index contributed by atoms with van der Waals surface area (Å²) in [6.07, 6.45) is 2.53. The molecule has 0 aliphatic rings. The Labute approximate surface area is 109 Å². The molecule has 0 amide bonds. The van der Waals surface area contributed by atoms with E-state index in [9.17, 15) is 9.50 Å². The number of aliphatic hydroxyl groups is 1. The van der Waals surface area contributed by atoms with E-state index >= 15 is 0 Å². The van der Waals surface area contributed by atoms with E-state index in [1.165, 1.54) is 6.07 Å². The van der Waals surface area contributed by atoms with Crippen molar-refractivity contribution in [2.75, 3.05) is 0 Å². The van der Waals surface area contributed by atoms with Gasteiger partial charge in [0.05, 0.1) is 5.02 Å². The van der Waals surface area contributed by atoms with Crippen LogP contribution in [0.5, 0.6) is 0 Å². The first-order valence-corrected chi connectivity index (χ1v) is 5.85. The van der Waals surface area contributed by atoms with Gasteiger partial charge in [-0.1, -0.05) is 23.7 Å². The van der Waals surface area contributed by atoms with Crippen LogP contribution in [-0.2, 0) is 6.42 Å². The van der Waals surface area contributed by atoms with Crippen LogP contribution in [0, 0.1) is 12.7 Å². The van der Waals surface area contributed by atoms with Crippen LogP contribution in [0.2, 0.25) is 5.02 Å². The fourth-order valence-corrected chi connectivity index (χ4v) is 1.78. The smallest absolute Gasteiger partial charge is 0.157 e. The highest BCUT2D eigenvalue weighted by Crippen LogP contribution is 2.24. The third kappa shape index (κ3) is 2.83. The normalized spacial score (nSPS) is 12.4. The molecular weight excluding hydrogens is 255 g/mol. The predicted octanol–water partition coefficient (Wildman–Crippen LogP) is 2.85. The Bertz CT molecular complexity index is 545. The lowest BCUT2D eigenvalue weighted by atomic mass is 10.1. The van der Waals surface area contributed by atoms with Crippen LogP contribution >= 0.6 is 11.6 Å². The minimum Gasteiger partial charge on any atom is -0.385 e. The lowest BCUT2D eigenvalue weighted by molar-refractivity contribution is 0.168. The maximum atomic E-state index is 13.2. The Morgan fingerprint density at radius 3 is 2.67 bits per heavy atom. The van der Waals surface area contributed by atoms with Gasteiger partial charge in [0.2, 0.25) is 0 Å². The summed E-state index contributed by atoms with van der Waals surface area (Å²) in [7, 11) is 0. The number of halogens is 2. The van der Waals surface area contributed by atoms with Crippen molar-refractivity contribution in [3.8, 4) is 0 Å². The molecule has 0 saturated heterocycles. The zero-order valence-electron chi connectivity index (χ0n) is 9.77. The maximum absolute atomic E-state index is 13.2. The molecule has 1 N–H and O–H groups in total. The first-order chi connectivity index (χ1) is 8.58. The van der Waals surface area contributed by atoms with E-state index in [4.69, 9.17) is 11.6 Å². The van der Waals surface area contributed by atoms with Crippen LogP contribution in [0.25, 0.3) is 0 Å². The van der Waals surface area contributed by atoms with Crippen molar-refractivity contribution in [1.29, 1.82) is 0 Å². The van der Waals surface area contributed by atoms with E-state index in [-0.39, 0.29) is 11.4 Å². The largest absolute Gasteiger partial charge is 0.385 e. The molecule has 1 aromatic carbocycles. The lowest BCUT2D eigenvalue weighted by Gasteiger charge is -2.10. The molecular formula is C13H12ClFN2O. The second kappa shape index (κ2) is 5.42. The number of aryl methyl sites for hydroxylation is 1. The van der Waals surface area contributed by atoms with Gasteiger partial charge in [0, 0.05) is 18.8 Å². The molecule has 1 heterocycles. The number of hydrogen-bond acceptors (Lipinski definition) is 3. The van der Waals surface area contributed by atoms with Crippen molar-refractivity contribution in [1.82, 2.24) is 9.97 Å².